The molecule has 1 aliphatic rings. The number of carbonyl (C=O) groups is 1. The summed E-state index contributed by atoms with van der Waals surface area (Å²) in [5.41, 5.74) is 0.947. The molecule has 134 valence electrons. The molecule has 0 spiro atoms. The van der Waals surface area contributed by atoms with Crippen LogP contribution in [0.1, 0.15) is 10.4 Å². The Balaban J connectivity index is 1.61. The van der Waals surface area contributed by atoms with Gasteiger partial charge in [0.2, 0.25) is 0 Å². The molecule has 2 aromatic heterocycles. The lowest BCUT2D eigenvalue weighted by Gasteiger charge is -2.28. The van der Waals surface area contributed by atoms with Crippen molar-refractivity contribution < 1.29 is 22.7 Å². The number of nitrogens with one attached hydrogen (secondary N) is 1. The molecule has 0 aliphatic carbocycles. The quantitative estimate of drug-likeness (QED) is 0.907. The van der Waals surface area contributed by atoms with E-state index in [1.54, 1.807) is 12.3 Å². The van der Waals surface area contributed by atoms with E-state index in [-0.39, 0.29) is 5.56 Å². The average Bonchev–Trinajstić information content (AvgIpc) is 3.03. The van der Waals surface area contributed by atoms with E-state index < -0.39 is 18.6 Å². The smallest absolute Gasteiger partial charge is 0.378 e. The molecular weight excluding hydrogens is 339 g/mol. The van der Waals surface area contributed by atoms with Crippen molar-refractivity contribution in [2.75, 3.05) is 36.5 Å². The molecule has 0 atom stereocenters. The number of ether oxygens (including phenoxy) is 1. The van der Waals surface area contributed by atoms with Crippen LogP contribution >= 0.6 is 0 Å². The topological polar surface area (TPSA) is 72.3 Å². The number of carbonyl (C=O) groups excluding carboxylic acids is 1. The number of hydrogen-bond acceptors (Lipinski definition) is 5. The van der Waals surface area contributed by atoms with Gasteiger partial charge in [0.1, 0.15) is 12.4 Å². The second kappa shape index (κ2) is 7.09. The first-order valence-corrected chi connectivity index (χ1v) is 7.60. The van der Waals surface area contributed by atoms with Crippen molar-refractivity contribution in [3.63, 3.8) is 0 Å². The summed E-state index contributed by atoms with van der Waals surface area (Å²) in [5, 5.41) is 6.07. The summed E-state index contributed by atoms with van der Waals surface area (Å²) in [6.45, 7) is 1.60. The van der Waals surface area contributed by atoms with Crippen LogP contribution < -0.4 is 10.2 Å². The second-order valence-corrected chi connectivity index (χ2v) is 5.50. The number of anilines is 2. The first kappa shape index (κ1) is 17.2. The summed E-state index contributed by atoms with van der Waals surface area (Å²) in [6.07, 6.45) is -0.626. The van der Waals surface area contributed by atoms with Crippen LogP contribution in [0.2, 0.25) is 0 Å². The lowest BCUT2D eigenvalue weighted by atomic mass is 10.3. The van der Waals surface area contributed by atoms with Gasteiger partial charge in [0.25, 0.3) is 5.91 Å². The maximum absolute atomic E-state index is 12.3. The van der Waals surface area contributed by atoms with Gasteiger partial charge >= 0.3 is 6.18 Å². The van der Waals surface area contributed by atoms with Gasteiger partial charge in [-0.2, -0.15) is 18.3 Å². The minimum atomic E-state index is -4.39. The molecule has 3 rings (SSSR count). The Hall–Kier alpha value is -2.62. The van der Waals surface area contributed by atoms with Crippen molar-refractivity contribution in [1.82, 2.24) is 14.8 Å². The van der Waals surface area contributed by atoms with E-state index in [1.807, 2.05) is 6.07 Å². The molecule has 10 heteroatoms. The van der Waals surface area contributed by atoms with E-state index in [0.29, 0.717) is 23.7 Å². The van der Waals surface area contributed by atoms with Crippen LogP contribution in [0.15, 0.2) is 30.7 Å². The minimum absolute atomic E-state index is 0.0308. The van der Waals surface area contributed by atoms with Crippen molar-refractivity contribution in [2.24, 2.45) is 0 Å². The van der Waals surface area contributed by atoms with Gasteiger partial charge in [0.05, 0.1) is 36.9 Å². The number of amides is 1. The van der Waals surface area contributed by atoms with Crippen molar-refractivity contribution >= 4 is 17.4 Å². The normalized spacial score (nSPS) is 15.2. The van der Waals surface area contributed by atoms with Crippen LogP contribution in [0.5, 0.6) is 0 Å². The van der Waals surface area contributed by atoms with Crippen molar-refractivity contribution in [2.45, 2.75) is 12.7 Å². The monoisotopic (exact) mass is 355 g/mol. The van der Waals surface area contributed by atoms with E-state index in [1.165, 1.54) is 0 Å². The fraction of sp³-hybridized carbons (Fsp3) is 0.400. The van der Waals surface area contributed by atoms with E-state index in [2.05, 4.69) is 20.3 Å². The van der Waals surface area contributed by atoms with Crippen LogP contribution in [0.4, 0.5) is 24.7 Å². The first-order valence-electron chi connectivity index (χ1n) is 7.60. The maximum Gasteiger partial charge on any atom is 0.408 e. The van der Waals surface area contributed by atoms with Crippen molar-refractivity contribution in [3.05, 3.63) is 36.3 Å². The van der Waals surface area contributed by atoms with E-state index in [9.17, 15) is 18.0 Å². The number of morpholine rings is 1. The number of aromatic nitrogens is 3. The fourth-order valence-corrected chi connectivity index (χ4v) is 2.41. The highest BCUT2D eigenvalue weighted by Crippen LogP contribution is 2.18. The zero-order valence-electron chi connectivity index (χ0n) is 13.2. The summed E-state index contributed by atoms with van der Waals surface area (Å²) < 4.78 is 42.9. The third-order valence-electron chi connectivity index (χ3n) is 3.60. The third-order valence-corrected chi connectivity index (χ3v) is 3.60. The Morgan fingerprint density at radius 2 is 2.00 bits per heavy atom. The molecule has 1 fully saturated rings. The van der Waals surface area contributed by atoms with Gasteiger partial charge in [-0.15, -0.1) is 0 Å². The summed E-state index contributed by atoms with van der Waals surface area (Å²) in [5.74, 6) is -0.259. The predicted molar refractivity (Wildman–Crippen MR) is 83.5 cm³/mol. The zero-order valence-corrected chi connectivity index (χ0v) is 13.2. The van der Waals surface area contributed by atoms with Crippen molar-refractivity contribution in [3.8, 4) is 0 Å². The van der Waals surface area contributed by atoms with Gasteiger partial charge in [0, 0.05) is 19.3 Å². The first-order chi connectivity index (χ1) is 11.9. The van der Waals surface area contributed by atoms with Crippen LogP contribution in [0, 0.1) is 0 Å². The molecule has 1 saturated heterocycles. The van der Waals surface area contributed by atoms with Crippen LogP contribution in [0.25, 0.3) is 0 Å². The molecule has 0 unspecified atom stereocenters. The zero-order chi connectivity index (χ0) is 17.9. The number of halogens is 3. The van der Waals surface area contributed by atoms with Gasteiger partial charge in [-0.1, -0.05) is 0 Å². The molecule has 0 aromatic carbocycles. The molecule has 3 heterocycles. The molecule has 0 radical (unpaired) electrons. The second-order valence-electron chi connectivity index (χ2n) is 5.50. The molecule has 1 aliphatic heterocycles. The Kier molecular flexibility index (Phi) is 4.88. The minimum Gasteiger partial charge on any atom is -0.378 e. The Morgan fingerprint density at radius 1 is 1.24 bits per heavy atom. The molecule has 1 amide bonds. The van der Waals surface area contributed by atoms with Crippen LogP contribution in [-0.2, 0) is 11.3 Å². The van der Waals surface area contributed by atoms with Gasteiger partial charge < -0.3 is 15.0 Å². The van der Waals surface area contributed by atoms with Gasteiger partial charge in [-0.25, -0.2) is 4.98 Å². The molecule has 25 heavy (non-hydrogen) atoms. The number of hydrogen-bond donors (Lipinski definition) is 1. The summed E-state index contributed by atoms with van der Waals surface area (Å²) >= 11 is 0. The highest BCUT2D eigenvalue weighted by atomic mass is 19.4. The van der Waals surface area contributed by atoms with Crippen molar-refractivity contribution in [1.29, 1.82) is 0 Å². The fourth-order valence-electron chi connectivity index (χ4n) is 2.41. The Bertz CT molecular complexity index is 724. The molecule has 2 aromatic rings. The number of pyridine rings is 1. The van der Waals surface area contributed by atoms with Crippen LogP contribution in [0.3, 0.4) is 0 Å². The summed E-state index contributed by atoms with van der Waals surface area (Å²) in [4.78, 5) is 18.3. The number of alkyl halides is 3. The Morgan fingerprint density at radius 3 is 2.64 bits per heavy atom. The van der Waals surface area contributed by atoms with Gasteiger partial charge in [0.15, 0.2) is 0 Å². The highest BCUT2D eigenvalue weighted by molar-refractivity contribution is 6.03. The lowest BCUT2D eigenvalue weighted by molar-refractivity contribution is -0.142. The van der Waals surface area contributed by atoms with E-state index in [0.717, 1.165) is 31.2 Å². The molecule has 7 nitrogen and oxygen atoms in total. The van der Waals surface area contributed by atoms with Gasteiger partial charge in [-0.3, -0.25) is 9.48 Å². The van der Waals surface area contributed by atoms with E-state index >= 15 is 0 Å². The SMILES string of the molecule is O=C(Nc1ccc(N2CCOCC2)cn1)c1cnn(CC(F)(F)F)c1. The molecule has 0 bridgehead atoms. The maximum atomic E-state index is 12.3. The molecular formula is C15H16F3N5O2. The number of nitrogens with zero attached hydrogens (tertiary/aromatic N) is 4. The summed E-state index contributed by atoms with van der Waals surface area (Å²) in [6, 6.07) is 3.46. The van der Waals surface area contributed by atoms with Crippen LogP contribution in [-0.4, -0.2) is 53.2 Å². The predicted octanol–water partition coefficient (Wildman–Crippen LogP) is 1.93. The van der Waals surface area contributed by atoms with Gasteiger partial charge in [-0.05, 0) is 12.1 Å². The number of rotatable bonds is 4. The lowest BCUT2D eigenvalue weighted by Crippen LogP contribution is -2.36. The molecule has 1 N–H and O–H groups in total. The average molecular weight is 355 g/mol. The van der Waals surface area contributed by atoms with E-state index in [4.69, 9.17) is 4.74 Å². The third kappa shape index (κ3) is 4.69. The standard InChI is InChI=1S/C15H16F3N5O2/c16-15(17,18)10-23-9-11(7-20-23)14(24)21-13-2-1-12(8-19-13)22-3-5-25-6-4-22/h1-2,7-9H,3-6,10H2,(H,19,21,24). The summed E-state index contributed by atoms with van der Waals surface area (Å²) in [7, 11) is 0. The largest absolute Gasteiger partial charge is 0.408 e. The Labute approximate surface area is 141 Å². The highest BCUT2D eigenvalue weighted by Gasteiger charge is 2.28. The molecule has 0 saturated carbocycles.